The van der Waals surface area contributed by atoms with E-state index >= 15 is 0 Å². The zero-order valence-corrected chi connectivity index (χ0v) is 21.7. The molecule has 0 radical (unpaired) electrons. The molecule has 194 valence electrons. The molecule has 6 heteroatoms. The van der Waals surface area contributed by atoms with Gasteiger partial charge in [-0.25, -0.2) is 0 Å². The number of esters is 1. The molecule has 34 heavy (non-hydrogen) atoms. The highest BCUT2D eigenvalue weighted by Gasteiger charge is 2.67. The fourth-order valence-corrected chi connectivity index (χ4v) is 8.01. The van der Waals surface area contributed by atoms with Crippen molar-refractivity contribution in [3.05, 3.63) is 0 Å². The van der Waals surface area contributed by atoms with Crippen molar-refractivity contribution in [2.45, 2.75) is 146 Å². The van der Waals surface area contributed by atoms with Gasteiger partial charge in [-0.3, -0.25) is 4.79 Å². The van der Waals surface area contributed by atoms with Gasteiger partial charge in [-0.1, -0.05) is 20.3 Å². The van der Waals surface area contributed by atoms with Crippen LogP contribution in [0.25, 0.3) is 0 Å². The number of carbonyl (C=O) groups excluding carboxylic acids is 1. The number of rotatable bonds is 9. The van der Waals surface area contributed by atoms with Crippen LogP contribution >= 0.6 is 0 Å². The van der Waals surface area contributed by atoms with E-state index in [1.54, 1.807) is 0 Å². The second-order valence-electron chi connectivity index (χ2n) is 12.4. The highest BCUT2D eigenvalue weighted by Crippen LogP contribution is 2.64. The van der Waals surface area contributed by atoms with Gasteiger partial charge in [0.05, 0.1) is 16.6 Å². The predicted molar refractivity (Wildman–Crippen MR) is 128 cm³/mol. The standard InChI is InChI=1S/C28H46O6/c1-4-12-25(3,5-2)24(29)34-28-17-21-15-26(19-28,32-22-10-6-8-13-30-22)18-27(16-21,20-28)33-23-11-7-9-14-31-23/h21-23H,4-20H2,1-3H3. The van der Waals surface area contributed by atoms with Crippen LogP contribution in [0.15, 0.2) is 0 Å². The first kappa shape index (κ1) is 25.0. The predicted octanol–water partition coefficient (Wildman–Crippen LogP) is 6.05. The third-order valence-electron chi connectivity index (χ3n) is 9.34. The SMILES string of the molecule is CCCC(C)(CC)C(=O)OC12CC3CC(OC4CCCCO4)(C1)CC(OC1CCCCO1)(C3)C2. The smallest absolute Gasteiger partial charge is 0.312 e. The quantitative estimate of drug-likeness (QED) is 0.376. The average molecular weight is 479 g/mol. The lowest BCUT2D eigenvalue weighted by molar-refractivity contribution is -0.344. The third-order valence-corrected chi connectivity index (χ3v) is 9.34. The first-order valence-corrected chi connectivity index (χ1v) is 14.1. The Balaban J connectivity index is 1.41. The molecular weight excluding hydrogens is 432 g/mol. The van der Waals surface area contributed by atoms with Gasteiger partial charge in [0.25, 0.3) is 0 Å². The molecule has 6 aliphatic rings. The molecule has 4 saturated carbocycles. The van der Waals surface area contributed by atoms with Gasteiger partial charge in [-0.05, 0) is 83.5 Å². The Bertz CT molecular complexity index is 690. The van der Waals surface area contributed by atoms with Crippen LogP contribution in [0.5, 0.6) is 0 Å². The van der Waals surface area contributed by atoms with Crippen LogP contribution in [0.2, 0.25) is 0 Å². The summed E-state index contributed by atoms with van der Waals surface area (Å²) < 4.78 is 32.3. The molecule has 2 aliphatic heterocycles. The Labute approximate surface area is 205 Å². The van der Waals surface area contributed by atoms with Crippen molar-refractivity contribution in [2.75, 3.05) is 13.2 Å². The first-order chi connectivity index (χ1) is 16.3. The molecule has 0 aromatic heterocycles. The van der Waals surface area contributed by atoms with Gasteiger partial charge in [0.15, 0.2) is 12.6 Å². The van der Waals surface area contributed by atoms with Crippen LogP contribution in [0.4, 0.5) is 0 Å². The van der Waals surface area contributed by atoms with E-state index in [2.05, 4.69) is 20.8 Å². The summed E-state index contributed by atoms with van der Waals surface area (Å²) >= 11 is 0. The molecule has 0 aromatic carbocycles. The Kier molecular flexibility index (Phi) is 7.09. The summed E-state index contributed by atoms with van der Waals surface area (Å²) in [4.78, 5) is 13.6. The fourth-order valence-electron chi connectivity index (χ4n) is 8.01. The summed E-state index contributed by atoms with van der Waals surface area (Å²) in [6.07, 6.45) is 14.1. The fraction of sp³-hybridized carbons (Fsp3) is 0.964. The molecule has 0 spiro atoms. The Morgan fingerprint density at radius 3 is 1.85 bits per heavy atom. The molecule has 6 nitrogen and oxygen atoms in total. The average Bonchev–Trinajstić information content (AvgIpc) is 2.78. The van der Waals surface area contributed by atoms with Crippen LogP contribution < -0.4 is 0 Å². The zero-order chi connectivity index (χ0) is 23.9. The second-order valence-corrected chi connectivity index (χ2v) is 12.4. The maximum atomic E-state index is 13.6. The van der Waals surface area contributed by atoms with E-state index in [1.165, 1.54) is 0 Å². The lowest BCUT2D eigenvalue weighted by Gasteiger charge is -2.65. The van der Waals surface area contributed by atoms with Crippen molar-refractivity contribution < 1.29 is 28.5 Å². The zero-order valence-electron chi connectivity index (χ0n) is 21.7. The molecule has 4 bridgehead atoms. The second kappa shape index (κ2) is 9.64. The van der Waals surface area contributed by atoms with Crippen LogP contribution in [-0.2, 0) is 28.5 Å². The van der Waals surface area contributed by atoms with E-state index in [4.69, 9.17) is 23.7 Å². The minimum absolute atomic E-state index is 0.0352. The van der Waals surface area contributed by atoms with E-state index in [0.29, 0.717) is 5.92 Å². The summed E-state index contributed by atoms with van der Waals surface area (Å²) in [6, 6.07) is 0. The summed E-state index contributed by atoms with van der Waals surface area (Å²) in [5.74, 6) is 0.405. The topological polar surface area (TPSA) is 63.2 Å². The third kappa shape index (κ3) is 4.94. The molecule has 0 amide bonds. The van der Waals surface area contributed by atoms with Crippen LogP contribution in [0.1, 0.15) is 117 Å². The molecule has 0 aromatic rings. The highest BCUT2D eigenvalue weighted by atomic mass is 16.7. The minimum atomic E-state index is -0.510. The van der Waals surface area contributed by atoms with Gasteiger partial charge in [0.1, 0.15) is 5.60 Å². The Morgan fingerprint density at radius 2 is 1.38 bits per heavy atom. The Hall–Kier alpha value is -0.690. The van der Waals surface area contributed by atoms with Gasteiger partial charge in [0, 0.05) is 32.5 Å². The van der Waals surface area contributed by atoms with Crippen molar-refractivity contribution in [3.63, 3.8) is 0 Å². The molecule has 2 heterocycles. The summed E-state index contributed by atoms with van der Waals surface area (Å²) in [5, 5.41) is 0. The van der Waals surface area contributed by atoms with Crippen molar-refractivity contribution in [1.29, 1.82) is 0 Å². The molecular formula is C28H46O6. The van der Waals surface area contributed by atoms with Gasteiger partial charge in [-0.2, -0.15) is 0 Å². The van der Waals surface area contributed by atoms with Crippen LogP contribution in [0, 0.1) is 11.3 Å². The summed E-state index contributed by atoms with van der Waals surface area (Å²) in [6.45, 7) is 7.86. The van der Waals surface area contributed by atoms with E-state index in [9.17, 15) is 4.79 Å². The summed E-state index contributed by atoms with van der Waals surface area (Å²) in [7, 11) is 0. The van der Waals surface area contributed by atoms with E-state index in [1.807, 2.05) is 0 Å². The number of ether oxygens (including phenoxy) is 5. The first-order valence-electron chi connectivity index (χ1n) is 14.1. The van der Waals surface area contributed by atoms with E-state index in [0.717, 1.165) is 110 Å². The molecule has 5 unspecified atom stereocenters. The number of hydrogen-bond acceptors (Lipinski definition) is 6. The minimum Gasteiger partial charge on any atom is -0.458 e. The lowest BCUT2D eigenvalue weighted by Crippen LogP contribution is -2.69. The monoisotopic (exact) mass is 478 g/mol. The number of carbonyl (C=O) groups is 1. The van der Waals surface area contributed by atoms with Crippen molar-refractivity contribution in [1.82, 2.24) is 0 Å². The summed E-state index contributed by atoms with van der Waals surface area (Å²) in [5.41, 5.74) is -1.63. The van der Waals surface area contributed by atoms with Gasteiger partial charge in [-0.15, -0.1) is 0 Å². The van der Waals surface area contributed by atoms with Crippen molar-refractivity contribution in [3.8, 4) is 0 Å². The van der Waals surface area contributed by atoms with Crippen LogP contribution in [0.3, 0.4) is 0 Å². The molecule has 2 saturated heterocycles. The van der Waals surface area contributed by atoms with Gasteiger partial charge >= 0.3 is 5.97 Å². The highest BCUT2D eigenvalue weighted by molar-refractivity contribution is 5.76. The van der Waals surface area contributed by atoms with Crippen molar-refractivity contribution >= 4 is 5.97 Å². The maximum absolute atomic E-state index is 13.6. The largest absolute Gasteiger partial charge is 0.458 e. The van der Waals surface area contributed by atoms with Gasteiger partial charge in [0.2, 0.25) is 0 Å². The van der Waals surface area contributed by atoms with Crippen molar-refractivity contribution in [2.24, 2.45) is 11.3 Å². The molecule has 4 aliphatic carbocycles. The number of hydrogen-bond donors (Lipinski definition) is 0. The molecule has 5 atom stereocenters. The maximum Gasteiger partial charge on any atom is 0.312 e. The van der Waals surface area contributed by atoms with E-state index < -0.39 is 11.0 Å². The van der Waals surface area contributed by atoms with Gasteiger partial charge < -0.3 is 23.7 Å². The lowest BCUT2D eigenvalue weighted by atomic mass is 9.50. The molecule has 0 N–H and O–H groups in total. The van der Waals surface area contributed by atoms with E-state index in [-0.39, 0.29) is 29.8 Å². The molecule has 6 rings (SSSR count). The normalized spacial score (nSPS) is 43.4. The Morgan fingerprint density at radius 1 is 0.853 bits per heavy atom. The van der Waals surface area contributed by atoms with Crippen LogP contribution in [-0.4, -0.2) is 48.6 Å². The molecule has 6 fully saturated rings.